The molecule has 0 fully saturated rings. The molecule has 2 aromatic heterocycles. The summed E-state index contributed by atoms with van der Waals surface area (Å²) in [4.78, 5) is 4.31. The molecule has 0 spiro atoms. The van der Waals surface area contributed by atoms with E-state index in [1.165, 1.54) is 0 Å². The van der Waals surface area contributed by atoms with E-state index in [1.54, 1.807) is 4.52 Å². The lowest BCUT2D eigenvalue weighted by atomic mass is 10.3. The summed E-state index contributed by atoms with van der Waals surface area (Å²) < 4.78 is 1.80. The summed E-state index contributed by atoms with van der Waals surface area (Å²) in [6.07, 6.45) is 3.85. The Hall–Kier alpha value is -1.46. The van der Waals surface area contributed by atoms with Crippen LogP contribution >= 0.6 is 0 Å². The van der Waals surface area contributed by atoms with Crippen LogP contribution in [0.3, 0.4) is 0 Å². The first kappa shape index (κ1) is 10.1. The smallest absolute Gasteiger partial charge is 0.155 e. The molecule has 3 N–H and O–H groups in total. The van der Waals surface area contributed by atoms with Gasteiger partial charge in [-0.15, -0.1) is 0 Å². The van der Waals surface area contributed by atoms with Crippen molar-refractivity contribution in [3.63, 3.8) is 0 Å². The second-order valence-corrected chi connectivity index (χ2v) is 3.52. The summed E-state index contributed by atoms with van der Waals surface area (Å²) in [5, 5.41) is 7.52. The largest absolute Gasteiger partial charge is 0.329 e. The van der Waals surface area contributed by atoms with Crippen molar-refractivity contribution in [3.05, 3.63) is 29.7 Å². The first-order valence-corrected chi connectivity index (χ1v) is 5.01. The van der Waals surface area contributed by atoms with Crippen LogP contribution in [0.25, 0.3) is 5.65 Å². The maximum atomic E-state index is 5.39. The first-order valence-electron chi connectivity index (χ1n) is 5.01. The maximum Gasteiger partial charge on any atom is 0.155 e. The SMILES string of the molecule is Cc1cc2ncc(CNCCN)cn2n1. The molecule has 0 saturated carbocycles. The van der Waals surface area contributed by atoms with Gasteiger partial charge in [0.05, 0.1) is 5.69 Å². The fourth-order valence-corrected chi connectivity index (χ4v) is 1.46. The lowest BCUT2D eigenvalue weighted by molar-refractivity contribution is 0.687. The van der Waals surface area contributed by atoms with Crippen molar-refractivity contribution in [1.82, 2.24) is 19.9 Å². The van der Waals surface area contributed by atoms with E-state index in [-0.39, 0.29) is 0 Å². The topological polar surface area (TPSA) is 68.2 Å². The molecule has 2 heterocycles. The Morgan fingerprint density at radius 3 is 3.20 bits per heavy atom. The van der Waals surface area contributed by atoms with Crippen LogP contribution in [-0.4, -0.2) is 27.7 Å². The predicted octanol–water partition coefficient (Wildman–Crippen LogP) is 0.0860. The third-order valence-corrected chi connectivity index (χ3v) is 2.14. The van der Waals surface area contributed by atoms with Crippen molar-refractivity contribution in [2.24, 2.45) is 5.73 Å². The molecule has 5 nitrogen and oxygen atoms in total. The molecular weight excluding hydrogens is 190 g/mol. The average Bonchev–Trinajstić information content (AvgIpc) is 2.57. The van der Waals surface area contributed by atoms with E-state index in [1.807, 2.05) is 25.4 Å². The fourth-order valence-electron chi connectivity index (χ4n) is 1.46. The molecule has 15 heavy (non-hydrogen) atoms. The Kier molecular flexibility index (Phi) is 2.94. The summed E-state index contributed by atoms with van der Waals surface area (Å²) in [7, 11) is 0. The third-order valence-electron chi connectivity index (χ3n) is 2.14. The highest BCUT2D eigenvalue weighted by Gasteiger charge is 1.99. The molecule has 2 aromatic rings. The molecule has 0 aliphatic rings. The number of nitrogens with one attached hydrogen (secondary N) is 1. The number of aromatic nitrogens is 3. The van der Waals surface area contributed by atoms with Gasteiger partial charge in [-0.1, -0.05) is 0 Å². The summed E-state index contributed by atoms with van der Waals surface area (Å²) in [6.45, 7) is 4.20. The number of hydrogen-bond donors (Lipinski definition) is 2. The molecule has 0 saturated heterocycles. The van der Waals surface area contributed by atoms with Crippen LogP contribution in [0.2, 0.25) is 0 Å². The van der Waals surface area contributed by atoms with Gasteiger partial charge in [0.1, 0.15) is 0 Å². The molecule has 0 unspecified atom stereocenters. The highest BCUT2D eigenvalue weighted by molar-refractivity contribution is 5.38. The molecule has 0 aliphatic heterocycles. The van der Waals surface area contributed by atoms with Crippen LogP contribution in [0, 0.1) is 6.92 Å². The lowest BCUT2D eigenvalue weighted by Gasteiger charge is -2.02. The van der Waals surface area contributed by atoms with Crippen molar-refractivity contribution in [3.8, 4) is 0 Å². The monoisotopic (exact) mass is 205 g/mol. The Morgan fingerprint density at radius 2 is 2.40 bits per heavy atom. The predicted molar refractivity (Wildman–Crippen MR) is 58.5 cm³/mol. The number of nitrogens with zero attached hydrogens (tertiary/aromatic N) is 3. The number of nitrogens with two attached hydrogens (primary N) is 1. The number of rotatable bonds is 4. The Bertz CT molecular complexity index is 448. The zero-order chi connectivity index (χ0) is 10.7. The van der Waals surface area contributed by atoms with Gasteiger partial charge in [-0.3, -0.25) is 0 Å². The molecule has 0 aliphatic carbocycles. The van der Waals surface area contributed by atoms with Gasteiger partial charge in [0, 0.05) is 43.7 Å². The highest BCUT2D eigenvalue weighted by Crippen LogP contribution is 2.04. The Balaban J connectivity index is 2.15. The fraction of sp³-hybridized carbons (Fsp3) is 0.400. The van der Waals surface area contributed by atoms with Gasteiger partial charge < -0.3 is 11.1 Å². The van der Waals surface area contributed by atoms with Gasteiger partial charge in [0.2, 0.25) is 0 Å². The van der Waals surface area contributed by atoms with Crippen LogP contribution < -0.4 is 11.1 Å². The number of fused-ring (bicyclic) bond motifs is 1. The van der Waals surface area contributed by atoms with E-state index in [0.29, 0.717) is 6.54 Å². The van der Waals surface area contributed by atoms with Gasteiger partial charge in [0.25, 0.3) is 0 Å². The van der Waals surface area contributed by atoms with Gasteiger partial charge >= 0.3 is 0 Å². The van der Waals surface area contributed by atoms with Crippen molar-refractivity contribution >= 4 is 5.65 Å². The molecular formula is C10H15N5. The zero-order valence-corrected chi connectivity index (χ0v) is 8.77. The molecule has 0 aromatic carbocycles. The average molecular weight is 205 g/mol. The number of hydrogen-bond acceptors (Lipinski definition) is 4. The normalized spacial score (nSPS) is 11.1. The van der Waals surface area contributed by atoms with Gasteiger partial charge in [-0.05, 0) is 6.92 Å². The summed E-state index contributed by atoms with van der Waals surface area (Å²) in [6, 6.07) is 1.96. The first-order chi connectivity index (χ1) is 7.29. The van der Waals surface area contributed by atoms with E-state index in [4.69, 9.17) is 5.73 Å². The minimum absolute atomic E-state index is 0.649. The van der Waals surface area contributed by atoms with Crippen molar-refractivity contribution in [1.29, 1.82) is 0 Å². The molecule has 0 radical (unpaired) electrons. The lowest BCUT2D eigenvalue weighted by Crippen LogP contribution is -2.22. The number of aryl methyl sites for hydroxylation is 1. The maximum absolute atomic E-state index is 5.39. The second-order valence-electron chi connectivity index (χ2n) is 3.52. The minimum Gasteiger partial charge on any atom is -0.329 e. The third kappa shape index (κ3) is 2.31. The molecule has 0 atom stereocenters. The summed E-state index contributed by atoms with van der Waals surface area (Å²) >= 11 is 0. The Labute approximate surface area is 88.3 Å². The molecule has 0 amide bonds. The van der Waals surface area contributed by atoms with Crippen LogP contribution in [0.5, 0.6) is 0 Å². The highest BCUT2D eigenvalue weighted by atomic mass is 15.2. The Morgan fingerprint density at radius 1 is 1.53 bits per heavy atom. The standard InChI is InChI=1S/C10H15N5/c1-8-4-10-13-6-9(5-12-3-2-11)7-15(10)14-8/h4,6-7,12H,2-3,5,11H2,1H3. The van der Waals surface area contributed by atoms with E-state index in [9.17, 15) is 0 Å². The molecule has 5 heteroatoms. The van der Waals surface area contributed by atoms with Crippen LogP contribution in [0.4, 0.5) is 0 Å². The van der Waals surface area contributed by atoms with Gasteiger partial charge in [0.15, 0.2) is 5.65 Å². The van der Waals surface area contributed by atoms with E-state index in [2.05, 4.69) is 15.4 Å². The van der Waals surface area contributed by atoms with E-state index >= 15 is 0 Å². The zero-order valence-electron chi connectivity index (χ0n) is 8.77. The molecule has 0 bridgehead atoms. The van der Waals surface area contributed by atoms with E-state index < -0.39 is 0 Å². The van der Waals surface area contributed by atoms with Crippen molar-refractivity contribution in [2.75, 3.05) is 13.1 Å². The summed E-state index contributed by atoms with van der Waals surface area (Å²) in [5.74, 6) is 0. The van der Waals surface area contributed by atoms with Crippen molar-refractivity contribution < 1.29 is 0 Å². The van der Waals surface area contributed by atoms with Crippen LogP contribution in [0.15, 0.2) is 18.5 Å². The minimum atomic E-state index is 0.649. The van der Waals surface area contributed by atoms with Gasteiger partial charge in [-0.25, -0.2) is 9.50 Å². The van der Waals surface area contributed by atoms with Crippen LogP contribution in [0.1, 0.15) is 11.3 Å². The van der Waals surface area contributed by atoms with Crippen LogP contribution in [-0.2, 0) is 6.54 Å². The van der Waals surface area contributed by atoms with Gasteiger partial charge in [-0.2, -0.15) is 5.10 Å². The van der Waals surface area contributed by atoms with E-state index in [0.717, 1.165) is 30.0 Å². The molecule has 2 rings (SSSR count). The quantitative estimate of drug-likeness (QED) is 0.694. The second kappa shape index (κ2) is 4.37. The van der Waals surface area contributed by atoms with Crippen molar-refractivity contribution in [2.45, 2.75) is 13.5 Å². The molecule has 80 valence electrons. The summed E-state index contributed by atoms with van der Waals surface area (Å²) in [5.41, 5.74) is 8.37.